The molecule has 17 heavy (non-hydrogen) atoms. The van der Waals surface area contributed by atoms with E-state index in [1.165, 1.54) is 0 Å². The van der Waals surface area contributed by atoms with E-state index in [1.54, 1.807) is 0 Å². The molecule has 1 aromatic rings. The quantitative estimate of drug-likeness (QED) is 0.791. The lowest BCUT2D eigenvalue weighted by molar-refractivity contribution is 0.0948. The highest BCUT2D eigenvalue weighted by molar-refractivity contribution is 5.96. The Hall–Kier alpha value is -1.29. The van der Waals surface area contributed by atoms with E-state index >= 15 is 0 Å². The smallest absolute Gasteiger partial charge is 0.253 e. The summed E-state index contributed by atoms with van der Waals surface area (Å²) in [5.41, 5.74) is 2.72. The summed E-state index contributed by atoms with van der Waals surface area (Å²) in [7, 11) is 0. The van der Waals surface area contributed by atoms with E-state index in [0.29, 0.717) is 6.54 Å². The first kappa shape index (κ1) is 13.8. The number of aryl methyl sites for hydroxylation is 2. The van der Waals surface area contributed by atoms with Crippen molar-refractivity contribution in [1.29, 1.82) is 0 Å². The van der Waals surface area contributed by atoms with Gasteiger partial charge in [-0.05, 0) is 32.5 Å². The van der Waals surface area contributed by atoms with Gasteiger partial charge in [0.05, 0.1) is 5.56 Å². The number of nitrogens with zero attached hydrogens (tertiary/aromatic N) is 1. The van der Waals surface area contributed by atoms with Crippen molar-refractivity contribution in [3.05, 3.63) is 23.0 Å². The van der Waals surface area contributed by atoms with Crippen LogP contribution in [-0.2, 0) is 0 Å². The van der Waals surface area contributed by atoms with Crippen LogP contribution in [0.25, 0.3) is 0 Å². The summed E-state index contributed by atoms with van der Waals surface area (Å²) < 4.78 is 0. The van der Waals surface area contributed by atoms with Gasteiger partial charge in [0, 0.05) is 25.0 Å². The van der Waals surface area contributed by atoms with Gasteiger partial charge in [-0.15, -0.1) is 0 Å². The predicted molar refractivity (Wildman–Crippen MR) is 70.4 cm³/mol. The highest BCUT2D eigenvalue weighted by Gasteiger charge is 2.13. The molecule has 0 aliphatic heterocycles. The molecule has 4 nitrogen and oxygen atoms in total. The van der Waals surface area contributed by atoms with Crippen molar-refractivity contribution >= 4 is 5.91 Å². The first-order valence-electron chi connectivity index (χ1n) is 6.25. The van der Waals surface area contributed by atoms with Crippen LogP contribution in [0.1, 0.15) is 35.5 Å². The third kappa shape index (κ3) is 3.60. The molecule has 0 fully saturated rings. The summed E-state index contributed by atoms with van der Waals surface area (Å²) >= 11 is 0. The lowest BCUT2D eigenvalue weighted by Crippen LogP contribution is -2.35. The van der Waals surface area contributed by atoms with E-state index < -0.39 is 0 Å². The fourth-order valence-corrected chi connectivity index (χ4v) is 1.96. The van der Waals surface area contributed by atoms with Gasteiger partial charge in [0.25, 0.3) is 5.91 Å². The SMILES string of the molecule is CCN(CC)CCNC(=O)c1c(C)c[nH]c1C. The van der Waals surface area contributed by atoms with Gasteiger partial charge < -0.3 is 15.2 Å². The number of hydrogen-bond donors (Lipinski definition) is 2. The fourth-order valence-electron chi connectivity index (χ4n) is 1.96. The number of aromatic amines is 1. The first-order chi connectivity index (χ1) is 8.10. The van der Waals surface area contributed by atoms with Gasteiger partial charge in [-0.1, -0.05) is 13.8 Å². The number of aromatic nitrogens is 1. The highest BCUT2D eigenvalue weighted by Crippen LogP contribution is 2.11. The second-order valence-electron chi connectivity index (χ2n) is 4.25. The minimum atomic E-state index is 0.0217. The number of hydrogen-bond acceptors (Lipinski definition) is 2. The first-order valence-corrected chi connectivity index (χ1v) is 6.25. The highest BCUT2D eigenvalue weighted by atomic mass is 16.1. The number of carbonyl (C=O) groups excluding carboxylic acids is 1. The van der Waals surface area contributed by atoms with Crippen LogP contribution < -0.4 is 5.32 Å². The molecule has 0 bridgehead atoms. The lowest BCUT2D eigenvalue weighted by atomic mass is 10.1. The van der Waals surface area contributed by atoms with E-state index in [-0.39, 0.29) is 5.91 Å². The van der Waals surface area contributed by atoms with Gasteiger partial charge in [-0.3, -0.25) is 4.79 Å². The third-order valence-corrected chi connectivity index (χ3v) is 3.11. The van der Waals surface area contributed by atoms with Crippen LogP contribution in [0.3, 0.4) is 0 Å². The van der Waals surface area contributed by atoms with Crippen molar-refractivity contribution in [2.75, 3.05) is 26.2 Å². The number of amides is 1. The number of H-pyrrole nitrogens is 1. The molecule has 0 atom stereocenters. The average Bonchev–Trinajstić information content (AvgIpc) is 2.64. The zero-order chi connectivity index (χ0) is 12.8. The van der Waals surface area contributed by atoms with E-state index in [4.69, 9.17) is 0 Å². The third-order valence-electron chi connectivity index (χ3n) is 3.11. The maximum Gasteiger partial charge on any atom is 0.253 e. The monoisotopic (exact) mass is 237 g/mol. The summed E-state index contributed by atoms with van der Waals surface area (Å²) in [5, 5.41) is 2.97. The Kier molecular flexibility index (Phi) is 5.22. The summed E-state index contributed by atoms with van der Waals surface area (Å²) in [4.78, 5) is 17.3. The lowest BCUT2D eigenvalue weighted by Gasteiger charge is -2.18. The predicted octanol–water partition coefficient (Wildman–Crippen LogP) is 1.70. The Balaban J connectivity index is 2.45. The van der Waals surface area contributed by atoms with E-state index in [9.17, 15) is 4.79 Å². The standard InChI is InChI=1S/C13H23N3O/c1-5-16(6-2)8-7-14-13(17)12-10(3)9-15-11(12)4/h9,15H,5-8H2,1-4H3,(H,14,17). The molecule has 0 saturated carbocycles. The van der Waals surface area contributed by atoms with Gasteiger partial charge in [0.1, 0.15) is 0 Å². The normalized spacial score (nSPS) is 10.9. The Morgan fingerprint density at radius 1 is 1.35 bits per heavy atom. The fraction of sp³-hybridized carbons (Fsp3) is 0.615. The Morgan fingerprint density at radius 3 is 2.47 bits per heavy atom. The van der Waals surface area contributed by atoms with Gasteiger partial charge in [-0.25, -0.2) is 0 Å². The Labute approximate surface area is 103 Å². The maximum atomic E-state index is 12.0. The van der Waals surface area contributed by atoms with Crippen LogP contribution in [-0.4, -0.2) is 42.0 Å². The summed E-state index contributed by atoms with van der Waals surface area (Å²) in [6, 6.07) is 0. The van der Waals surface area contributed by atoms with Crippen molar-refractivity contribution in [1.82, 2.24) is 15.2 Å². The topological polar surface area (TPSA) is 48.1 Å². The van der Waals surface area contributed by atoms with Gasteiger partial charge in [-0.2, -0.15) is 0 Å². The zero-order valence-electron chi connectivity index (χ0n) is 11.3. The van der Waals surface area contributed by atoms with E-state index in [2.05, 4.69) is 29.0 Å². The molecular formula is C13H23N3O. The molecule has 0 saturated heterocycles. The van der Waals surface area contributed by atoms with Gasteiger partial charge in [0.15, 0.2) is 0 Å². The maximum absolute atomic E-state index is 12.0. The van der Waals surface area contributed by atoms with E-state index in [1.807, 2.05) is 20.0 Å². The van der Waals surface area contributed by atoms with Crippen LogP contribution in [0, 0.1) is 13.8 Å². The molecule has 0 unspecified atom stereocenters. The van der Waals surface area contributed by atoms with Crippen LogP contribution in [0.4, 0.5) is 0 Å². The van der Waals surface area contributed by atoms with Crippen molar-refractivity contribution in [2.45, 2.75) is 27.7 Å². The molecular weight excluding hydrogens is 214 g/mol. The summed E-state index contributed by atoms with van der Waals surface area (Å²) in [6.07, 6.45) is 1.87. The molecule has 0 aliphatic carbocycles. The van der Waals surface area contributed by atoms with Crippen molar-refractivity contribution in [2.24, 2.45) is 0 Å². The van der Waals surface area contributed by atoms with Crippen molar-refractivity contribution in [3.63, 3.8) is 0 Å². The Morgan fingerprint density at radius 2 is 2.00 bits per heavy atom. The molecule has 1 rings (SSSR count). The van der Waals surface area contributed by atoms with Gasteiger partial charge in [0.2, 0.25) is 0 Å². The zero-order valence-corrected chi connectivity index (χ0v) is 11.3. The molecule has 0 aliphatic rings. The molecule has 0 spiro atoms. The minimum absolute atomic E-state index is 0.0217. The van der Waals surface area contributed by atoms with Crippen LogP contribution in [0.2, 0.25) is 0 Å². The second-order valence-corrected chi connectivity index (χ2v) is 4.25. The molecule has 4 heteroatoms. The largest absolute Gasteiger partial charge is 0.364 e. The second kappa shape index (κ2) is 6.45. The number of likely N-dealkylation sites (N-methyl/N-ethyl adjacent to an activating group) is 1. The molecule has 0 radical (unpaired) electrons. The number of carbonyl (C=O) groups is 1. The summed E-state index contributed by atoms with van der Waals surface area (Å²) in [6.45, 7) is 11.8. The van der Waals surface area contributed by atoms with Crippen LogP contribution in [0.5, 0.6) is 0 Å². The summed E-state index contributed by atoms with van der Waals surface area (Å²) in [5.74, 6) is 0.0217. The van der Waals surface area contributed by atoms with Crippen molar-refractivity contribution in [3.8, 4) is 0 Å². The Bertz CT molecular complexity index is 347. The average molecular weight is 237 g/mol. The number of rotatable bonds is 6. The van der Waals surface area contributed by atoms with Crippen LogP contribution in [0.15, 0.2) is 6.20 Å². The van der Waals surface area contributed by atoms with Gasteiger partial charge >= 0.3 is 0 Å². The molecule has 1 aromatic heterocycles. The molecule has 1 heterocycles. The van der Waals surface area contributed by atoms with E-state index in [0.717, 1.165) is 36.5 Å². The van der Waals surface area contributed by atoms with Crippen molar-refractivity contribution < 1.29 is 4.79 Å². The number of nitrogens with one attached hydrogen (secondary N) is 2. The molecule has 2 N–H and O–H groups in total. The molecule has 96 valence electrons. The molecule has 0 aromatic carbocycles. The molecule has 1 amide bonds. The minimum Gasteiger partial charge on any atom is -0.364 e. The van der Waals surface area contributed by atoms with Crippen LogP contribution >= 0.6 is 0 Å².